The van der Waals surface area contributed by atoms with E-state index in [9.17, 15) is 0 Å². The Balaban J connectivity index is 1.12. The van der Waals surface area contributed by atoms with Gasteiger partial charge in [0.2, 0.25) is 0 Å². The minimum atomic E-state index is -0.0683. The Morgan fingerprint density at radius 3 is 1.57 bits per heavy atom. The van der Waals surface area contributed by atoms with Gasteiger partial charge in [0.1, 0.15) is 0 Å². The van der Waals surface area contributed by atoms with Crippen LogP contribution in [0.2, 0.25) is 0 Å². The number of aromatic nitrogens is 3. The zero-order valence-corrected chi connectivity index (χ0v) is 38.6. The van der Waals surface area contributed by atoms with Crippen LogP contribution in [0.25, 0.3) is 136 Å². The van der Waals surface area contributed by atoms with Gasteiger partial charge in [0.25, 0.3) is 0 Å². The Morgan fingerprint density at radius 1 is 0.313 bits per heavy atom. The molecule has 318 valence electrons. The lowest BCUT2D eigenvalue weighted by Crippen LogP contribution is -2.11. The van der Waals surface area contributed by atoms with Crippen molar-refractivity contribution in [3.8, 4) is 16.8 Å². The smallest absolute Gasteiger partial charge is 0.0627 e. The molecule has 0 aliphatic heterocycles. The average Bonchev–Trinajstić information content (AvgIpc) is 4.11. The summed E-state index contributed by atoms with van der Waals surface area (Å²) in [4.78, 5) is 0. The quantitative estimate of drug-likeness (QED) is 0.164. The summed E-state index contributed by atoms with van der Waals surface area (Å²) in [6, 6.07) is 67.1. The average molecular weight is 858 g/mol. The van der Waals surface area contributed by atoms with Gasteiger partial charge in [0.05, 0.1) is 44.1 Å². The van der Waals surface area contributed by atoms with Crippen LogP contribution in [0, 0.1) is 0 Å². The molecule has 5 heterocycles. The summed E-state index contributed by atoms with van der Waals surface area (Å²) in [6.07, 6.45) is 0. The number of para-hydroxylation sites is 2. The SMILES string of the molecule is CC(C)(C)c1cc(-c2ccc3c(c2)c2ccccc2n3-c2ccccc2)c2c(c1)c1cc(C(C)(C)C)cc3c4cc5c(cc4n2c31)c1cc2ccccc2c2c3cc4ccccc4cc3n5c12. The molecule has 15 aromatic rings. The predicted octanol–water partition coefficient (Wildman–Crippen LogP) is 17.7. The molecular formula is C64H47N3. The largest absolute Gasteiger partial charge is 0.309 e. The molecule has 0 unspecified atom stereocenters. The maximum Gasteiger partial charge on any atom is 0.0627 e. The maximum absolute atomic E-state index is 2.65. The van der Waals surface area contributed by atoms with E-state index < -0.39 is 0 Å². The van der Waals surface area contributed by atoms with Gasteiger partial charge in [-0.05, 0) is 134 Å². The highest BCUT2D eigenvalue weighted by Gasteiger charge is 2.29. The van der Waals surface area contributed by atoms with Crippen LogP contribution in [0.4, 0.5) is 0 Å². The third-order valence-electron chi connectivity index (χ3n) is 15.5. The zero-order chi connectivity index (χ0) is 44.8. The highest BCUT2D eigenvalue weighted by Crippen LogP contribution is 2.50. The van der Waals surface area contributed by atoms with Gasteiger partial charge < -0.3 is 13.4 Å². The first-order chi connectivity index (χ1) is 32.5. The molecule has 5 aromatic heterocycles. The standard InChI is InChI=1S/C64H47N3/c1-63(2,3)40-30-45(39-24-25-55-46(27-39)44-22-14-15-23-54(44)65(55)42-19-8-7-9-20-42)60-51(32-40)52-33-41(64(4,5)6)31-50-48-34-57-47(35-58(48)67(60)61(50)52)49-28-38-18-12-13-21-43(38)59-53-26-36-16-10-11-17-37(36)29-56(53)66(57)62(49)59/h7-35H,1-6H3. The maximum atomic E-state index is 2.65. The highest BCUT2D eigenvalue weighted by molar-refractivity contribution is 6.34. The van der Waals surface area contributed by atoms with Gasteiger partial charge in [-0.15, -0.1) is 0 Å². The first-order valence-corrected chi connectivity index (χ1v) is 23.8. The molecule has 3 heteroatoms. The molecule has 0 aliphatic carbocycles. The van der Waals surface area contributed by atoms with Crippen LogP contribution in [0.1, 0.15) is 52.7 Å². The Bertz CT molecular complexity index is 4620. The second-order valence-corrected chi connectivity index (χ2v) is 21.4. The van der Waals surface area contributed by atoms with Gasteiger partial charge in [-0.3, -0.25) is 0 Å². The fraction of sp³-hybridized carbons (Fsp3) is 0.125. The number of hydrogen-bond acceptors (Lipinski definition) is 0. The van der Waals surface area contributed by atoms with Crippen molar-refractivity contribution in [3.05, 3.63) is 187 Å². The van der Waals surface area contributed by atoms with E-state index in [0.717, 1.165) is 0 Å². The van der Waals surface area contributed by atoms with E-state index in [1.807, 2.05) is 0 Å². The van der Waals surface area contributed by atoms with E-state index in [4.69, 9.17) is 0 Å². The van der Waals surface area contributed by atoms with Crippen LogP contribution >= 0.6 is 0 Å². The minimum absolute atomic E-state index is 0.0543. The van der Waals surface area contributed by atoms with Crippen molar-refractivity contribution in [3.63, 3.8) is 0 Å². The molecule has 0 spiro atoms. The fourth-order valence-corrected chi connectivity index (χ4v) is 12.2. The third-order valence-corrected chi connectivity index (χ3v) is 15.5. The third kappa shape index (κ3) is 4.86. The summed E-state index contributed by atoms with van der Waals surface area (Å²) >= 11 is 0. The lowest BCUT2D eigenvalue weighted by molar-refractivity contribution is 0.591. The molecule has 0 aliphatic rings. The Kier molecular flexibility index (Phi) is 6.97. The van der Waals surface area contributed by atoms with Gasteiger partial charge in [-0.2, -0.15) is 0 Å². The summed E-state index contributed by atoms with van der Waals surface area (Å²) in [5, 5.41) is 18.2. The fourth-order valence-electron chi connectivity index (χ4n) is 12.2. The van der Waals surface area contributed by atoms with Crippen LogP contribution in [-0.4, -0.2) is 13.4 Å². The monoisotopic (exact) mass is 857 g/mol. The number of hydrogen-bond donors (Lipinski definition) is 0. The zero-order valence-electron chi connectivity index (χ0n) is 38.6. The van der Waals surface area contributed by atoms with Gasteiger partial charge in [-0.25, -0.2) is 0 Å². The normalized spacial score (nSPS) is 13.2. The first-order valence-electron chi connectivity index (χ1n) is 23.8. The molecule has 0 atom stereocenters. The highest BCUT2D eigenvalue weighted by atomic mass is 15.0. The molecular weight excluding hydrogens is 811 g/mol. The van der Waals surface area contributed by atoms with Crippen molar-refractivity contribution < 1.29 is 0 Å². The second-order valence-electron chi connectivity index (χ2n) is 21.4. The van der Waals surface area contributed by atoms with Crippen LogP contribution < -0.4 is 0 Å². The summed E-state index contributed by atoms with van der Waals surface area (Å²) in [5.41, 5.74) is 16.4. The molecule has 0 radical (unpaired) electrons. The molecule has 0 fully saturated rings. The van der Waals surface area contributed by atoms with Gasteiger partial charge in [-0.1, -0.05) is 133 Å². The summed E-state index contributed by atoms with van der Waals surface area (Å²) in [7, 11) is 0. The van der Waals surface area contributed by atoms with Crippen molar-refractivity contribution >= 4 is 120 Å². The molecule has 0 saturated heterocycles. The number of rotatable bonds is 2. The Hall–Kier alpha value is -7.88. The minimum Gasteiger partial charge on any atom is -0.309 e. The summed E-state index contributed by atoms with van der Waals surface area (Å²) in [6.45, 7) is 14.2. The summed E-state index contributed by atoms with van der Waals surface area (Å²) < 4.78 is 7.66. The van der Waals surface area contributed by atoms with Crippen molar-refractivity contribution in [2.24, 2.45) is 0 Å². The molecule has 67 heavy (non-hydrogen) atoms. The van der Waals surface area contributed by atoms with Gasteiger partial charge in [0.15, 0.2) is 0 Å². The molecule has 0 bridgehead atoms. The van der Waals surface area contributed by atoms with Crippen LogP contribution in [0.15, 0.2) is 176 Å². The summed E-state index contributed by atoms with van der Waals surface area (Å²) in [5.74, 6) is 0. The van der Waals surface area contributed by atoms with Crippen LogP contribution in [0.3, 0.4) is 0 Å². The van der Waals surface area contributed by atoms with E-state index in [1.54, 1.807) is 0 Å². The first kappa shape index (κ1) is 37.4. The van der Waals surface area contributed by atoms with E-state index in [1.165, 1.54) is 147 Å². The molecule has 0 amide bonds. The van der Waals surface area contributed by atoms with E-state index in [0.29, 0.717) is 0 Å². The van der Waals surface area contributed by atoms with Gasteiger partial charge >= 0.3 is 0 Å². The molecule has 15 rings (SSSR count). The number of fused-ring (bicyclic) bond motifs is 18. The van der Waals surface area contributed by atoms with E-state index in [2.05, 4.69) is 231 Å². The molecule has 0 saturated carbocycles. The van der Waals surface area contributed by atoms with Crippen molar-refractivity contribution in [2.45, 2.75) is 52.4 Å². The molecule has 0 N–H and O–H groups in total. The lowest BCUT2D eigenvalue weighted by Gasteiger charge is -2.22. The van der Waals surface area contributed by atoms with Crippen LogP contribution in [0.5, 0.6) is 0 Å². The lowest BCUT2D eigenvalue weighted by atomic mass is 9.83. The molecule has 3 nitrogen and oxygen atoms in total. The van der Waals surface area contributed by atoms with E-state index in [-0.39, 0.29) is 10.8 Å². The van der Waals surface area contributed by atoms with Crippen molar-refractivity contribution in [1.82, 2.24) is 13.4 Å². The number of benzene rings is 10. The second kappa shape index (κ2) is 12.5. The van der Waals surface area contributed by atoms with E-state index >= 15 is 0 Å². The number of nitrogens with zero attached hydrogens (tertiary/aromatic N) is 3. The predicted molar refractivity (Wildman–Crippen MR) is 288 cm³/mol. The van der Waals surface area contributed by atoms with Crippen molar-refractivity contribution in [1.29, 1.82) is 0 Å². The van der Waals surface area contributed by atoms with Gasteiger partial charge in [0, 0.05) is 65.1 Å². The Labute approximate surface area is 387 Å². The molecule has 10 aromatic carbocycles. The topological polar surface area (TPSA) is 13.8 Å². The Morgan fingerprint density at radius 2 is 0.836 bits per heavy atom. The van der Waals surface area contributed by atoms with Crippen molar-refractivity contribution in [2.75, 3.05) is 0 Å². The van der Waals surface area contributed by atoms with Crippen LogP contribution in [-0.2, 0) is 10.8 Å².